The van der Waals surface area contributed by atoms with E-state index in [2.05, 4.69) is 5.32 Å². The fourth-order valence-electron chi connectivity index (χ4n) is 3.47. The molecule has 3 amide bonds. The van der Waals surface area contributed by atoms with E-state index in [9.17, 15) is 14.4 Å². The van der Waals surface area contributed by atoms with Crippen molar-refractivity contribution in [1.29, 1.82) is 0 Å². The topological polar surface area (TPSA) is 75.7 Å². The minimum absolute atomic E-state index is 0.0188. The van der Waals surface area contributed by atoms with Crippen molar-refractivity contribution in [3.63, 3.8) is 0 Å². The molecule has 0 radical (unpaired) electrons. The van der Waals surface area contributed by atoms with Gasteiger partial charge in [-0.05, 0) is 44.4 Å². The zero-order chi connectivity index (χ0) is 21.5. The molecule has 0 saturated carbocycles. The Morgan fingerprint density at radius 1 is 1.03 bits per heavy atom. The number of aryl methyl sites for hydroxylation is 1. The lowest BCUT2D eigenvalue weighted by Crippen LogP contribution is -2.32. The minimum Gasteiger partial charge on any atom is -0.374 e. The quantitative estimate of drug-likeness (QED) is 0.481. The van der Waals surface area contributed by atoms with E-state index in [1.807, 2.05) is 50.2 Å². The van der Waals surface area contributed by atoms with Gasteiger partial charge in [-0.15, -0.1) is 0 Å². The van der Waals surface area contributed by atoms with Crippen molar-refractivity contribution in [2.24, 2.45) is 0 Å². The van der Waals surface area contributed by atoms with Crippen LogP contribution in [0.15, 0.2) is 48.5 Å². The molecule has 0 saturated heterocycles. The lowest BCUT2D eigenvalue weighted by molar-refractivity contribution is -0.121. The monoisotopic (exact) mass is 408 g/mol. The molecular weight excluding hydrogens is 380 g/mol. The van der Waals surface area contributed by atoms with Gasteiger partial charge in [0.2, 0.25) is 5.91 Å². The molecule has 0 fully saturated rings. The second kappa shape index (κ2) is 10.2. The molecule has 30 heavy (non-hydrogen) atoms. The molecule has 1 aliphatic rings. The van der Waals surface area contributed by atoms with Gasteiger partial charge in [0, 0.05) is 26.1 Å². The van der Waals surface area contributed by atoms with Gasteiger partial charge >= 0.3 is 0 Å². The maximum absolute atomic E-state index is 12.4. The maximum Gasteiger partial charge on any atom is 0.261 e. The Balaban J connectivity index is 1.31. The van der Waals surface area contributed by atoms with Gasteiger partial charge in [0.25, 0.3) is 11.8 Å². The van der Waals surface area contributed by atoms with E-state index < -0.39 is 0 Å². The number of hydrogen-bond donors (Lipinski definition) is 1. The van der Waals surface area contributed by atoms with Crippen molar-refractivity contribution in [2.45, 2.75) is 39.2 Å². The van der Waals surface area contributed by atoms with E-state index in [1.165, 1.54) is 4.90 Å². The van der Waals surface area contributed by atoms with Crippen LogP contribution < -0.4 is 5.32 Å². The van der Waals surface area contributed by atoms with Crippen LogP contribution in [-0.2, 0) is 9.53 Å². The average Bonchev–Trinajstić information content (AvgIpc) is 2.98. The highest BCUT2D eigenvalue weighted by atomic mass is 16.5. The zero-order valence-electron chi connectivity index (χ0n) is 17.5. The predicted octanol–water partition coefficient (Wildman–Crippen LogP) is 3.66. The highest BCUT2D eigenvalue weighted by molar-refractivity contribution is 6.21. The first-order valence-corrected chi connectivity index (χ1v) is 10.4. The number of nitrogens with zero attached hydrogens (tertiary/aromatic N) is 1. The van der Waals surface area contributed by atoms with E-state index in [4.69, 9.17) is 4.74 Å². The fraction of sp³-hybridized carbons (Fsp3) is 0.375. The molecule has 6 heteroatoms. The van der Waals surface area contributed by atoms with Crippen LogP contribution in [0.3, 0.4) is 0 Å². The minimum atomic E-state index is -0.278. The molecule has 0 spiro atoms. The number of carbonyl (C=O) groups excluding carboxylic acids is 3. The van der Waals surface area contributed by atoms with Crippen molar-refractivity contribution >= 4 is 17.7 Å². The molecule has 158 valence electrons. The van der Waals surface area contributed by atoms with Gasteiger partial charge in [-0.1, -0.05) is 42.0 Å². The second-order valence-corrected chi connectivity index (χ2v) is 7.54. The van der Waals surface area contributed by atoms with Gasteiger partial charge in [0.1, 0.15) is 0 Å². The van der Waals surface area contributed by atoms with Crippen LogP contribution in [-0.4, -0.2) is 42.3 Å². The largest absolute Gasteiger partial charge is 0.374 e. The number of amides is 3. The lowest BCUT2D eigenvalue weighted by Gasteiger charge is -2.14. The highest BCUT2D eigenvalue weighted by Crippen LogP contribution is 2.24. The Bertz CT molecular complexity index is 911. The van der Waals surface area contributed by atoms with Crippen molar-refractivity contribution in [3.05, 3.63) is 70.8 Å². The number of nitrogens with one attached hydrogen (secondary N) is 1. The van der Waals surface area contributed by atoms with E-state index in [1.54, 1.807) is 12.1 Å². The molecule has 1 aliphatic heterocycles. The van der Waals surface area contributed by atoms with E-state index in [-0.39, 0.29) is 36.8 Å². The normalized spacial score (nSPS) is 14.0. The SMILES string of the molecule is Cc1ccc2c(c1)C(=O)N(CCCC(=O)NCCCOC(C)c1ccccc1)C2=O. The molecular formula is C24H28N2O4. The summed E-state index contributed by atoms with van der Waals surface area (Å²) < 4.78 is 5.79. The summed E-state index contributed by atoms with van der Waals surface area (Å²) in [4.78, 5) is 38.1. The highest BCUT2D eigenvalue weighted by Gasteiger charge is 2.34. The lowest BCUT2D eigenvalue weighted by atomic mass is 10.1. The summed E-state index contributed by atoms with van der Waals surface area (Å²) in [6.45, 7) is 5.24. The maximum atomic E-state index is 12.4. The molecule has 0 aliphatic carbocycles. The number of benzene rings is 2. The van der Waals surface area contributed by atoms with Crippen molar-refractivity contribution in [3.8, 4) is 0 Å². The first-order chi connectivity index (χ1) is 14.5. The third kappa shape index (κ3) is 5.33. The van der Waals surface area contributed by atoms with Crippen LogP contribution in [0.4, 0.5) is 0 Å². The summed E-state index contributed by atoms with van der Waals surface area (Å²) in [5, 5.41) is 2.86. The van der Waals surface area contributed by atoms with Crippen molar-refractivity contribution in [1.82, 2.24) is 10.2 Å². The molecule has 2 aromatic rings. The molecule has 2 aromatic carbocycles. The number of ether oxygens (including phenoxy) is 1. The molecule has 0 aromatic heterocycles. The summed E-state index contributed by atoms with van der Waals surface area (Å²) in [5.41, 5.74) is 2.97. The van der Waals surface area contributed by atoms with E-state index in [0.29, 0.717) is 30.7 Å². The molecule has 6 nitrogen and oxygen atoms in total. The Labute approximate surface area is 177 Å². The van der Waals surface area contributed by atoms with Crippen LogP contribution in [0.25, 0.3) is 0 Å². The van der Waals surface area contributed by atoms with Crippen LogP contribution in [0.5, 0.6) is 0 Å². The zero-order valence-corrected chi connectivity index (χ0v) is 17.5. The Morgan fingerprint density at radius 3 is 2.53 bits per heavy atom. The average molecular weight is 408 g/mol. The summed E-state index contributed by atoms with van der Waals surface area (Å²) in [6.07, 6.45) is 1.46. The van der Waals surface area contributed by atoms with Crippen LogP contribution in [0.2, 0.25) is 0 Å². The molecule has 1 unspecified atom stereocenters. The number of rotatable bonds is 10. The number of fused-ring (bicyclic) bond motifs is 1. The van der Waals surface area contributed by atoms with Crippen LogP contribution >= 0.6 is 0 Å². The third-order valence-electron chi connectivity index (χ3n) is 5.19. The van der Waals surface area contributed by atoms with Crippen molar-refractivity contribution < 1.29 is 19.1 Å². The molecule has 1 heterocycles. The molecule has 1 N–H and O–H groups in total. The summed E-state index contributed by atoms with van der Waals surface area (Å²) >= 11 is 0. The first kappa shape index (κ1) is 21.7. The standard InChI is InChI=1S/C24H28N2O4/c1-17-11-12-20-21(16-17)24(29)26(23(20)28)14-6-10-22(27)25-13-7-15-30-18(2)19-8-4-3-5-9-19/h3-5,8-9,11-12,16,18H,6-7,10,13-15H2,1-2H3,(H,25,27). The first-order valence-electron chi connectivity index (χ1n) is 10.4. The van der Waals surface area contributed by atoms with Gasteiger partial charge < -0.3 is 10.1 Å². The Morgan fingerprint density at radius 2 is 1.77 bits per heavy atom. The Hall–Kier alpha value is -2.99. The molecule has 0 bridgehead atoms. The summed E-state index contributed by atoms with van der Waals surface area (Å²) in [5.74, 6) is -0.637. The fourth-order valence-corrected chi connectivity index (χ4v) is 3.47. The van der Waals surface area contributed by atoms with E-state index >= 15 is 0 Å². The number of hydrogen-bond acceptors (Lipinski definition) is 4. The molecule has 3 rings (SSSR count). The summed E-state index contributed by atoms with van der Waals surface area (Å²) in [7, 11) is 0. The van der Waals surface area contributed by atoms with Crippen LogP contribution in [0.1, 0.15) is 64.1 Å². The predicted molar refractivity (Wildman–Crippen MR) is 114 cm³/mol. The summed E-state index contributed by atoms with van der Waals surface area (Å²) in [6, 6.07) is 15.3. The number of imide groups is 1. The van der Waals surface area contributed by atoms with E-state index in [0.717, 1.165) is 17.5 Å². The third-order valence-corrected chi connectivity index (χ3v) is 5.19. The second-order valence-electron chi connectivity index (χ2n) is 7.54. The smallest absolute Gasteiger partial charge is 0.261 e. The van der Waals surface area contributed by atoms with Crippen LogP contribution in [0, 0.1) is 6.92 Å². The van der Waals surface area contributed by atoms with Gasteiger partial charge in [-0.2, -0.15) is 0 Å². The molecule has 1 atom stereocenters. The van der Waals surface area contributed by atoms with Gasteiger partial charge in [-0.25, -0.2) is 0 Å². The van der Waals surface area contributed by atoms with Gasteiger partial charge in [0.15, 0.2) is 0 Å². The number of carbonyl (C=O) groups is 3. The van der Waals surface area contributed by atoms with Crippen molar-refractivity contribution in [2.75, 3.05) is 19.7 Å². The van der Waals surface area contributed by atoms with Gasteiger partial charge in [-0.3, -0.25) is 19.3 Å². The van der Waals surface area contributed by atoms with Gasteiger partial charge in [0.05, 0.1) is 17.2 Å². The Kier molecular flexibility index (Phi) is 7.36.